The van der Waals surface area contributed by atoms with E-state index in [4.69, 9.17) is 4.74 Å². The van der Waals surface area contributed by atoms with Crippen molar-refractivity contribution in [2.24, 2.45) is 5.92 Å². The van der Waals surface area contributed by atoms with E-state index >= 15 is 0 Å². The lowest BCUT2D eigenvalue weighted by Gasteiger charge is -2.37. The first-order valence-electron chi connectivity index (χ1n) is 13.0. The molecule has 0 spiro atoms. The predicted molar refractivity (Wildman–Crippen MR) is 142 cm³/mol. The molecule has 1 aromatic heterocycles. The van der Waals surface area contributed by atoms with E-state index < -0.39 is 22.2 Å². The molecule has 200 valence electrons. The minimum absolute atomic E-state index is 0.0691. The maximum Gasteiger partial charge on any atom is 0.247 e. The number of ether oxygens (including phenoxy) is 1. The first kappa shape index (κ1) is 27.3. The van der Waals surface area contributed by atoms with Crippen LogP contribution in [0.1, 0.15) is 50.7 Å². The average molecular weight is 528 g/mol. The molecule has 0 bridgehead atoms. The number of amides is 1. The Labute approximate surface area is 220 Å². The number of aliphatic hydroxyl groups excluding tert-OH is 1. The zero-order valence-electron chi connectivity index (χ0n) is 21.8. The molecule has 0 saturated heterocycles. The van der Waals surface area contributed by atoms with E-state index in [1.165, 1.54) is 9.88 Å². The largest absolute Gasteiger partial charge is 0.487 e. The summed E-state index contributed by atoms with van der Waals surface area (Å²) in [7, 11) is -2.16. The summed E-state index contributed by atoms with van der Waals surface area (Å²) in [6, 6.07) is 8.37. The van der Waals surface area contributed by atoms with Crippen molar-refractivity contribution in [3.05, 3.63) is 59.9 Å². The number of rotatable bonds is 7. The lowest BCUT2D eigenvalue weighted by atomic mass is 9.93. The van der Waals surface area contributed by atoms with Crippen molar-refractivity contribution in [2.75, 3.05) is 26.7 Å². The maximum atomic E-state index is 13.7. The van der Waals surface area contributed by atoms with E-state index in [1.807, 2.05) is 25.1 Å². The Morgan fingerprint density at radius 2 is 2.11 bits per heavy atom. The van der Waals surface area contributed by atoms with Crippen LogP contribution in [-0.2, 0) is 21.2 Å². The normalized spacial score (nSPS) is 22.5. The number of aliphatic hydroxyl groups is 1. The minimum atomic E-state index is -3.90. The Morgan fingerprint density at radius 3 is 2.78 bits per heavy atom. The monoisotopic (exact) mass is 527 g/mol. The van der Waals surface area contributed by atoms with Gasteiger partial charge in [0.2, 0.25) is 15.9 Å². The topological polar surface area (TPSA) is 100 Å². The van der Waals surface area contributed by atoms with Gasteiger partial charge in [-0.1, -0.05) is 25.1 Å². The molecule has 3 atom stereocenters. The molecule has 4 rings (SSSR count). The summed E-state index contributed by atoms with van der Waals surface area (Å²) in [5, 5.41) is 9.85. The highest BCUT2D eigenvalue weighted by molar-refractivity contribution is 7.89. The van der Waals surface area contributed by atoms with Crippen molar-refractivity contribution in [1.82, 2.24) is 14.2 Å². The molecule has 0 radical (unpaired) electrons. The van der Waals surface area contributed by atoms with Crippen LogP contribution in [0.5, 0.6) is 5.75 Å². The number of carbonyl (C=O) groups is 1. The second kappa shape index (κ2) is 11.8. The highest BCUT2D eigenvalue weighted by Gasteiger charge is 2.38. The van der Waals surface area contributed by atoms with Crippen molar-refractivity contribution in [3.8, 4) is 5.75 Å². The van der Waals surface area contributed by atoms with Crippen molar-refractivity contribution >= 4 is 21.5 Å². The van der Waals surface area contributed by atoms with Crippen LogP contribution in [0.25, 0.3) is 5.57 Å². The third-order valence-electron chi connectivity index (χ3n) is 7.29. The molecule has 9 heteroatoms. The molecule has 1 N–H and O–H groups in total. The Kier molecular flexibility index (Phi) is 8.67. The van der Waals surface area contributed by atoms with Crippen LogP contribution in [0.2, 0.25) is 0 Å². The van der Waals surface area contributed by atoms with Crippen LogP contribution in [0.3, 0.4) is 0 Å². The summed E-state index contributed by atoms with van der Waals surface area (Å²) in [5.41, 5.74) is 2.99. The summed E-state index contributed by atoms with van der Waals surface area (Å²) < 4.78 is 35.2. The smallest absolute Gasteiger partial charge is 0.247 e. The molecule has 1 unspecified atom stereocenters. The van der Waals surface area contributed by atoms with Crippen LogP contribution in [0.4, 0.5) is 0 Å². The second-order valence-corrected chi connectivity index (χ2v) is 12.0. The fourth-order valence-corrected chi connectivity index (χ4v) is 6.75. The van der Waals surface area contributed by atoms with Gasteiger partial charge in [-0.05, 0) is 67.5 Å². The lowest BCUT2D eigenvalue weighted by molar-refractivity contribution is -0.130. The number of benzene rings is 1. The maximum absolute atomic E-state index is 13.7. The summed E-state index contributed by atoms with van der Waals surface area (Å²) in [4.78, 5) is 18.8. The number of pyridine rings is 1. The van der Waals surface area contributed by atoms with Crippen molar-refractivity contribution in [3.63, 3.8) is 0 Å². The quantitative estimate of drug-likeness (QED) is 0.592. The standard InChI is InChI=1S/C28H37N3O5S/c1-20-17-31(21(2)19-32)37(34,35)27-12-11-24(23-9-5-4-6-10-23)15-25(27)36-26(20)18-30(3)28(33)14-22-8-7-13-29-16-22/h7-9,11-13,15-16,20-21,26,32H,4-6,10,14,17-19H2,1-3H3/t20-,21+,26?/m1/s1. The average Bonchev–Trinajstić information content (AvgIpc) is 2.91. The van der Waals surface area contributed by atoms with Gasteiger partial charge in [-0.15, -0.1) is 0 Å². The third-order valence-corrected chi connectivity index (χ3v) is 9.31. The lowest BCUT2D eigenvalue weighted by Crippen LogP contribution is -2.50. The zero-order valence-corrected chi connectivity index (χ0v) is 22.7. The molecule has 2 heterocycles. The van der Waals surface area contributed by atoms with Gasteiger partial charge < -0.3 is 14.7 Å². The van der Waals surface area contributed by atoms with Crippen molar-refractivity contribution < 1.29 is 23.1 Å². The highest BCUT2D eigenvalue weighted by atomic mass is 32.2. The van der Waals surface area contributed by atoms with Gasteiger partial charge in [0.1, 0.15) is 16.7 Å². The van der Waals surface area contributed by atoms with Gasteiger partial charge in [0, 0.05) is 37.9 Å². The van der Waals surface area contributed by atoms with Gasteiger partial charge in [-0.25, -0.2) is 8.42 Å². The number of nitrogens with zero attached hydrogens (tertiary/aromatic N) is 3. The van der Waals surface area contributed by atoms with Crippen LogP contribution in [-0.4, -0.2) is 72.5 Å². The molecule has 2 aliphatic rings. The summed E-state index contributed by atoms with van der Waals surface area (Å²) in [6.45, 7) is 3.81. The highest BCUT2D eigenvalue weighted by Crippen LogP contribution is 2.37. The molecule has 0 saturated carbocycles. The SMILES string of the molecule is C[C@@H]1CN([C@@H](C)CO)S(=O)(=O)c2ccc(C3=CCCCC3)cc2OC1CN(C)C(=O)Cc1cccnc1. The van der Waals surface area contributed by atoms with Crippen LogP contribution in [0, 0.1) is 5.92 Å². The minimum Gasteiger partial charge on any atom is -0.487 e. The Bertz CT molecular complexity index is 1230. The first-order chi connectivity index (χ1) is 17.7. The van der Waals surface area contributed by atoms with E-state index in [2.05, 4.69) is 11.1 Å². The second-order valence-electron chi connectivity index (χ2n) is 10.2. The Balaban J connectivity index is 1.67. The van der Waals surface area contributed by atoms with Gasteiger partial charge >= 0.3 is 0 Å². The van der Waals surface area contributed by atoms with E-state index in [1.54, 1.807) is 43.4 Å². The number of sulfonamides is 1. The molecular formula is C28H37N3O5S. The van der Waals surface area contributed by atoms with Crippen LogP contribution >= 0.6 is 0 Å². The molecule has 0 fully saturated rings. The number of aromatic nitrogens is 1. The molecule has 1 aliphatic heterocycles. The predicted octanol–water partition coefficient (Wildman–Crippen LogP) is 3.51. The molecule has 1 aliphatic carbocycles. The molecule has 2 aromatic rings. The van der Waals surface area contributed by atoms with Crippen molar-refractivity contribution in [2.45, 2.75) is 63.0 Å². The van der Waals surface area contributed by atoms with E-state index in [0.29, 0.717) is 12.3 Å². The number of carbonyl (C=O) groups excluding carboxylic acids is 1. The van der Waals surface area contributed by atoms with Crippen LogP contribution in [0.15, 0.2) is 53.7 Å². The fraction of sp³-hybridized carbons (Fsp3) is 0.500. The molecule has 1 aromatic carbocycles. The number of likely N-dealkylation sites (N-methyl/N-ethyl adjacent to an activating group) is 1. The number of fused-ring (bicyclic) bond motifs is 1. The zero-order chi connectivity index (χ0) is 26.6. The van der Waals surface area contributed by atoms with E-state index in [-0.39, 0.29) is 36.3 Å². The fourth-order valence-electron chi connectivity index (χ4n) is 4.93. The number of hydrogen-bond donors (Lipinski definition) is 1. The van der Waals surface area contributed by atoms with Gasteiger partial charge in [0.25, 0.3) is 0 Å². The van der Waals surface area contributed by atoms with Gasteiger partial charge in [0.05, 0.1) is 19.6 Å². The summed E-state index contributed by atoms with van der Waals surface area (Å²) in [6.07, 6.45) is 9.57. The van der Waals surface area contributed by atoms with E-state index in [9.17, 15) is 18.3 Å². The Hall–Kier alpha value is -2.75. The van der Waals surface area contributed by atoms with Crippen molar-refractivity contribution in [1.29, 1.82) is 0 Å². The summed E-state index contributed by atoms with van der Waals surface area (Å²) in [5.74, 6) is -0.00714. The summed E-state index contributed by atoms with van der Waals surface area (Å²) >= 11 is 0. The van der Waals surface area contributed by atoms with Gasteiger partial charge in [0.15, 0.2) is 0 Å². The molecular weight excluding hydrogens is 490 g/mol. The molecule has 8 nitrogen and oxygen atoms in total. The Morgan fingerprint density at radius 1 is 1.30 bits per heavy atom. The number of allylic oxidation sites excluding steroid dienone is 2. The van der Waals surface area contributed by atoms with E-state index in [0.717, 1.165) is 36.8 Å². The third kappa shape index (κ3) is 6.22. The van der Waals surface area contributed by atoms with Gasteiger partial charge in [-0.3, -0.25) is 9.78 Å². The first-order valence-corrected chi connectivity index (χ1v) is 14.4. The number of hydrogen-bond acceptors (Lipinski definition) is 6. The molecule has 37 heavy (non-hydrogen) atoms. The molecule has 1 amide bonds. The van der Waals surface area contributed by atoms with Crippen LogP contribution < -0.4 is 4.74 Å². The van der Waals surface area contributed by atoms with Gasteiger partial charge in [-0.2, -0.15) is 4.31 Å².